The molecule has 0 radical (unpaired) electrons. The van der Waals surface area contributed by atoms with E-state index in [2.05, 4.69) is 10.3 Å². The highest BCUT2D eigenvalue weighted by Crippen LogP contribution is 2.35. The number of carbonyl (C=O) groups is 2. The van der Waals surface area contributed by atoms with Gasteiger partial charge in [-0.15, -0.1) is 11.3 Å². The first-order chi connectivity index (χ1) is 14.2. The fraction of sp³-hybridized carbons (Fsp3) is 0.136. The van der Waals surface area contributed by atoms with Gasteiger partial charge in [0.1, 0.15) is 11.4 Å². The van der Waals surface area contributed by atoms with Crippen molar-refractivity contribution >= 4 is 34.4 Å². The molecule has 3 aromatic rings. The second-order valence-electron chi connectivity index (χ2n) is 6.30. The molecular weight excluding hydrogens is 386 g/mol. The summed E-state index contributed by atoms with van der Waals surface area (Å²) in [5.41, 5.74) is 1.91. The summed E-state index contributed by atoms with van der Waals surface area (Å²) < 4.78 is 5.66. The quantitative estimate of drug-likeness (QED) is 0.603. The molecule has 0 aliphatic carbocycles. The third-order valence-corrected chi connectivity index (χ3v) is 5.32. The number of imide groups is 1. The van der Waals surface area contributed by atoms with Crippen LogP contribution in [0.25, 0.3) is 5.57 Å². The molecular formula is C22H19N3O3S. The van der Waals surface area contributed by atoms with Gasteiger partial charge < -0.3 is 10.1 Å². The van der Waals surface area contributed by atoms with Crippen molar-refractivity contribution in [2.24, 2.45) is 0 Å². The SMILES string of the molecule is CCOc1ccccc1NC1=C(c2cccs2)C(=O)N(Cc2ccccn2)C1=O. The predicted molar refractivity (Wildman–Crippen MR) is 112 cm³/mol. The van der Waals surface area contributed by atoms with Crippen molar-refractivity contribution < 1.29 is 14.3 Å². The predicted octanol–water partition coefficient (Wildman–Crippen LogP) is 3.93. The Balaban J connectivity index is 1.72. The van der Waals surface area contributed by atoms with E-state index < -0.39 is 0 Å². The summed E-state index contributed by atoms with van der Waals surface area (Å²) in [6, 6.07) is 16.5. The van der Waals surface area contributed by atoms with E-state index in [0.29, 0.717) is 29.3 Å². The summed E-state index contributed by atoms with van der Waals surface area (Å²) in [6.07, 6.45) is 1.64. The molecule has 0 spiro atoms. The molecule has 146 valence electrons. The number of nitrogens with one attached hydrogen (secondary N) is 1. The van der Waals surface area contributed by atoms with Crippen molar-refractivity contribution in [3.8, 4) is 5.75 Å². The molecule has 7 heteroatoms. The number of ether oxygens (including phenoxy) is 1. The molecule has 3 heterocycles. The van der Waals surface area contributed by atoms with Crippen molar-refractivity contribution in [1.82, 2.24) is 9.88 Å². The molecule has 0 saturated heterocycles. The van der Waals surface area contributed by atoms with Crippen LogP contribution in [0.5, 0.6) is 5.75 Å². The normalized spacial score (nSPS) is 13.9. The maximum atomic E-state index is 13.2. The Morgan fingerprint density at radius 1 is 1.03 bits per heavy atom. The molecule has 1 aromatic carbocycles. The molecule has 0 atom stereocenters. The lowest BCUT2D eigenvalue weighted by Gasteiger charge is -2.15. The Labute approximate surface area is 172 Å². The van der Waals surface area contributed by atoms with Crippen molar-refractivity contribution in [2.75, 3.05) is 11.9 Å². The number of aromatic nitrogens is 1. The number of hydrogen-bond acceptors (Lipinski definition) is 6. The smallest absolute Gasteiger partial charge is 0.278 e. The lowest BCUT2D eigenvalue weighted by Crippen LogP contribution is -2.32. The summed E-state index contributed by atoms with van der Waals surface area (Å²) >= 11 is 1.42. The van der Waals surface area contributed by atoms with Crippen LogP contribution in [0.15, 0.2) is 71.9 Å². The summed E-state index contributed by atoms with van der Waals surface area (Å²) in [5, 5.41) is 5.04. The van der Waals surface area contributed by atoms with E-state index in [1.165, 1.54) is 16.2 Å². The molecule has 0 saturated carbocycles. The maximum absolute atomic E-state index is 13.2. The summed E-state index contributed by atoms with van der Waals surface area (Å²) in [6.45, 7) is 2.51. The van der Waals surface area contributed by atoms with Gasteiger partial charge in [-0.1, -0.05) is 24.3 Å². The second kappa shape index (κ2) is 8.28. The lowest BCUT2D eigenvalue weighted by atomic mass is 10.2. The van der Waals surface area contributed by atoms with Crippen molar-refractivity contribution in [3.05, 3.63) is 82.4 Å². The highest BCUT2D eigenvalue weighted by atomic mass is 32.1. The van der Waals surface area contributed by atoms with Crippen LogP contribution >= 0.6 is 11.3 Å². The first-order valence-electron chi connectivity index (χ1n) is 9.22. The van der Waals surface area contributed by atoms with E-state index in [1.807, 2.05) is 54.8 Å². The molecule has 0 bridgehead atoms. The van der Waals surface area contributed by atoms with Crippen LogP contribution in [0, 0.1) is 0 Å². The molecule has 6 nitrogen and oxygen atoms in total. The van der Waals surface area contributed by atoms with E-state index in [1.54, 1.807) is 18.3 Å². The summed E-state index contributed by atoms with van der Waals surface area (Å²) in [4.78, 5) is 32.6. The number of hydrogen-bond donors (Lipinski definition) is 1. The van der Waals surface area contributed by atoms with Crippen LogP contribution in [-0.2, 0) is 16.1 Å². The Morgan fingerprint density at radius 3 is 2.59 bits per heavy atom. The second-order valence-corrected chi connectivity index (χ2v) is 7.25. The van der Waals surface area contributed by atoms with Gasteiger partial charge >= 0.3 is 0 Å². The van der Waals surface area contributed by atoms with Gasteiger partial charge in [-0.3, -0.25) is 19.5 Å². The Kier molecular flexibility index (Phi) is 5.39. The molecule has 1 N–H and O–H groups in total. The molecule has 1 aliphatic rings. The number of carbonyl (C=O) groups excluding carboxylic acids is 2. The van der Waals surface area contributed by atoms with Gasteiger partial charge in [0.05, 0.1) is 30.1 Å². The van der Waals surface area contributed by atoms with Gasteiger partial charge in [0, 0.05) is 11.1 Å². The first-order valence-corrected chi connectivity index (χ1v) is 10.1. The van der Waals surface area contributed by atoms with Crippen LogP contribution in [0.2, 0.25) is 0 Å². The molecule has 4 rings (SSSR count). The van der Waals surface area contributed by atoms with Crippen LogP contribution in [0.1, 0.15) is 17.5 Å². The number of pyridine rings is 1. The minimum atomic E-state index is -0.379. The largest absolute Gasteiger partial charge is 0.492 e. The van der Waals surface area contributed by atoms with Gasteiger partial charge in [0.15, 0.2) is 0 Å². The van der Waals surface area contributed by atoms with Crippen LogP contribution in [-0.4, -0.2) is 28.3 Å². The minimum Gasteiger partial charge on any atom is -0.492 e. The zero-order valence-electron chi connectivity index (χ0n) is 15.8. The number of nitrogens with zero attached hydrogens (tertiary/aromatic N) is 2. The molecule has 0 fully saturated rings. The third-order valence-electron chi connectivity index (χ3n) is 4.43. The van der Waals surface area contributed by atoms with E-state index in [4.69, 9.17) is 4.74 Å². The summed E-state index contributed by atoms with van der Waals surface area (Å²) in [7, 11) is 0. The van der Waals surface area contributed by atoms with Crippen molar-refractivity contribution in [2.45, 2.75) is 13.5 Å². The van der Waals surface area contributed by atoms with Crippen LogP contribution in [0.4, 0.5) is 5.69 Å². The van der Waals surface area contributed by atoms with E-state index in [0.717, 1.165) is 4.88 Å². The minimum absolute atomic E-state index is 0.117. The maximum Gasteiger partial charge on any atom is 0.278 e. The van der Waals surface area contributed by atoms with Crippen molar-refractivity contribution in [3.63, 3.8) is 0 Å². The van der Waals surface area contributed by atoms with Gasteiger partial charge in [-0.25, -0.2) is 0 Å². The molecule has 2 amide bonds. The van der Waals surface area contributed by atoms with Gasteiger partial charge in [0.2, 0.25) is 0 Å². The fourth-order valence-electron chi connectivity index (χ4n) is 3.12. The molecule has 29 heavy (non-hydrogen) atoms. The van der Waals surface area contributed by atoms with Gasteiger partial charge in [0.25, 0.3) is 11.8 Å². The zero-order chi connectivity index (χ0) is 20.2. The lowest BCUT2D eigenvalue weighted by molar-refractivity contribution is -0.137. The average molecular weight is 405 g/mol. The first kappa shape index (κ1) is 18.9. The van der Waals surface area contributed by atoms with Crippen LogP contribution in [0.3, 0.4) is 0 Å². The Morgan fingerprint density at radius 2 is 1.86 bits per heavy atom. The molecule has 2 aromatic heterocycles. The molecule has 1 aliphatic heterocycles. The Hall–Kier alpha value is -3.45. The number of rotatable bonds is 7. The molecule has 0 unspecified atom stereocenters. The van der Waals surface area contributed by atoms with E-state index >= 15 is 0 Å². The Bertz CT molecular complexity index is 1060. The zero-order valence-corrected chi connectivity index (χ0v) is 16.6. The highest BCUT2D eigenvalue weighted by Gasteiger charge is 2.40. The van der Waals surface area contributed by atoms with E-state index in [-0.39, 0.29) is 24.1 Å². The monoisotopic (exact) mass is 405 g/mol. The number of anilines is 1. The third kappa shape index (κ3) is 3.77. The topological polar surface area (TPSA) is 71.5 Å². The number of thiophene rings is 1. The van der Waals surface area contributed by atoms with Crippen molar-refractivity contribution in [1.29, 1.82) is 0 Å². The number of para-hydroxylation sites is 2. The highest BCUT2D eigenvalue weighted by molar-refractivity contribution is 7.11. The van der Waals surface area contributed by atoms with Gasteiger partial charge in [-0.2, -0.15) is 0 Å². The average Bonchev–Trinajstić information content (AvgIpc) is 3.34. The fourth-order valence-corrected chi connectivity index (χ4v) is 3.89. The van der Waals surface area contributed by atoms with E-state index in [9.17, 15) is 9.59 Å². The number of benzene rings is 1. The summed E-state index contributed by atoms with van der Waals surface area (Å²) in [5.74, 6) is -0.0914. The number of amides is 2. The standard InChI is InChI=1S/C22H19N3O3S/c1-2-28-17-10-4-3-9-16(17)24-20-19(18-11-7-13-29-18)21(26)25(22(20)27)14-15-8-5-6-12-23-15/h3-13,24H,2,14H2,1H3. The van der Waals surface area contributed by atoms with Crippen LogP contribution < -0.4 is 10.1 Å². The van der Waals surface area contributed by atoms with Gasteiger partial charge in [-0.05, 0) is 42.6 Å².